The van der Waals surface area contributed by atoms with Crippen LogP contribution in [-0.2, 0) is 0 Å². The lowest BCUT2D eigenvalue weighted by atomic mass is 10.6. The summed E-state index contributed by atoms with van der Waals surface area (Å²) >= 11 is 0. The monoisotopic (exact) mass is 194 g/mol. The molecule has 0 aliphatic heterocycles. The van der Waals surface area contributed by atoms with E-state index in [9.17, 15) is 18.0 Å². The quantitative estimate of drug-likeness (QED) is 0.677. The van der Waals surface area contributed by atoms with Gasteiger partial charge in [-0.15, -0.1) is 5.10 Å². The van der Waals surface area contributed by atoms with Gasteiger partial charge in [0.05, 0.1) is 6.20 Å². The zero-order valence-corrected chi connectivity index (χ0v) is 6.28. The normalized spacial score (nSPS) is 11.3. The van der Waals surface area contributed by atoms with Crippen LogP contribution in [0.4, 0.5) is 13.2 Å². The molecule has 0 amide bonds. The molecule has 1 heterocycles. The Kier molecular flexibility index (Phi) is 2.54. The van der Waals surface area contributed by atoms with E-state index in [-0.39, 0.29) is 4.85 Å². The van der Waals surface area contributed by atoms with Gasteiger partial charge in [-0.3, -0.25) is 4.79 Å². The van der Waals surface area contributed by atoms with E-state index >= 15 is 0 Å². The van der Waals surface area contributed by atoms with E-state index in [1.807, 2.05) is 0 Å². The second-order valence-corrected chi connectivity index (χ2v) is 2.12. The molecule has 1 aromatic rings. The van der Waals surface area contributed by atoms with Gasteiger partial charge in [-0.25, -0.2) is 0 Å². The van der Waals surface area contributed by atoms with Crippen molar-refractivity contribution in [3.63, 3.8) is 0 Å². The van der Waals surface area contributed by atoms with Gasteiger partial charge in [0.1, 0.15) is 0 Å². The molecule has 0 bridgehead atoms. The molecule has 1 rings (SSSR count). The minimum atomic E-state index is -4.48. The van der Waals surface area contributed by atoms with Gasteiger partial charge in [-0.2, -0.15) is 13.2 Å². The summed E-state index contributed by atoms with van der Waals surface area (Å²) in [5.41, 5.74) is -0.744. The van der Waals surface area contributed by atoms with Gasteiger partial charge < -0.3 is 4.84 Å². The molecule has 0 N–H and O–H groups in total. The van der Waals surface area contributed by atoms with Gasteiger partial charge in [0.15, 0.2) is 0 Å². The summed E-state index contributed by atoms with van der Waals surface area (Å²) in [7, 11) is 0. The van der Waals surface area contributed by atoms with Gasteiger partial charge in [-0.05, 0) is 6.07 Å². The number of nitrogens with zero attached hydrogens (tertiary/aromatic N) is 2. The Labute approximate surface area is 70.5 Å². The zero-order chi connectivity index (χ0) is 9.90. The average Bonchev–Trinajstić information content (AvgIpc) is 2.01. The van der Waals surface area contributed by atoms with Crippen LogP contribution in [0, 0.1) is 0 Å². The van der Waals surface area contributed by atoms with Crippen molar-refractivity contribution in [2.75, 3.05) is 6.61 Å². The van der Waals surface area contributed by atoms with E-state index in [4.69, 9.17) is 0 Å². The van der Waals surface area contributed by atoms with E-state index in [1.54, 1.807) is 0 Å². The van der Waals surface area contributed by atoms with Gasteiger partial charge >= 0.3 is 11.7 Å². The zero-order valence-electron chi connectivity index (χ0n) is 6.28. The third kappa shape index (κ3) is 3.14. The van der Waals surface area contributed by atoms with Crippen LogP contribution in [0.1, 0.15) is 0 Å². The highest BCUT2D eigenvalue weighted by atomic mass is 19.4. The van der Waals surface area contributed by atoms with Gasteiger partial charge in [0.25, 0.3) is 0 Å². The molecule has 0 aromatic carbocycles. The third-order valence-electron chi connectivity index (χ3n) is 1.04. The molecular formula is C6H5F3N2O2. The summed E-state index contributed by atoms with van der Waals surface area (Å²) in [6.45, 7) is -1.54. The van der Waals surface area contributed by atoms with E-state index in [0.717, 1.165) is 12.3 Å². The molecule has 0 unspecified atom stereocenters. The number of alkyl halides is 3. The maximum Gasteiger partial charge on any atom is 0.425 e. The van der Waals surface area contributed by atoms with Crippen LogP contribution in [0.2, 0.25) is 0 Å². The molecule has 4 nitrogen and oxygen atoms in total. The summed E-state index contributed by atoms with van der Waals surface area (Å²) in [6.07, 6.45) is -3.32. The summed E-state index contributed by atoms with van der Waals surface area (Å²) < 4.78 is 34.8. The largest absolute Gasteiger partial charge is 0.425 e. The Bertz CT molecular complexity index is 333. The predicted molar refractivity (Wildman–Crippen MR) is 36.0 cm³/mol. The number of halogens is 3. The lowest BCUT2D eigenvalue weighted by Gasteiger charge is -2.07. The van der Waals surface area contributed by atoms with Crippen LogP contribution in [0.15, 0.2) is 23.1 Å². The molecular weight excluding hydrogens is 189 g/mol. The van der Waals surface area contributed by atoms with Crippen LogP contribution in [0.3, 0.4) is 0 Å². The van der Waals surface area contributed by atoms with E-state index in [1.165, 1.54) is 6.07 Å². The molecule has 0 aliphatic rings. The molecule has 1 aromatic heterocycles. The van der Waals surface area contributed by atoms with E-state index in [0.29, 0.717) is 0 Å². The van der Waals surface area contributed by atoms with Crippen molar-refractivity contribution in [2.45, 2.75) is 6.18 Å². The van der Waals surface area contributed by atoms with Crippen molar-refractivity contribution in [1.82, 2.24) is 9.94 Å². The van der Waals surface area contributed by atoms with Crippen molar-refractivity contribution in [3.05, 3.63) is 28.7 Å². The highest BCUT2D eigenvalue weighted by Crippen LogP contribution is 2.12. The molecule has 72 valence electrons. The van der Waals surface area contributed by atoms with Crippen LogP contribution in [-0.4, -0.2) is 22.7 Å². The van der Waals surface area contributed by atoms with Gasteiger partial charge in [0.2, 0.25) is 6.61 Å². The Morgan fingerprint density at radius 3 is 2.77 bits per heavy atom. The van der Waals surface area contributed by atoms with Crippen molar-refractivity contribution >= 4 is 0 Å². The van der Waals surface area contributed by atoms with Crippen molar-refractivity contribution in [2.24, 2.45) is 0 Å². The minimum absolute atomic E-state index is 0.285. The second-order valence-electron chi connectivity index (χ2n) is 2.12. The Morgan fingerprint density at radius 2 is 2.23 bits per heavy atom. The molecule has 0 atom stereocenters. The maximum atomic E-state index is 11.6. The molecule has 13 heavy (non-hydrogen) atoms. The van der Waals surface area contributed by atoms with Crippen molar-refractivity contribution in [3.8, 4) is 0 Å². The smallest absolute Gasteiger partial charge is 0.384 e. The first-order valence-electron chi connectivity index (χ1n) is 3.23. The highest BCUT2D eigenvalue weighted by Gasteiger charge is 2.29. The maximum absolute atomic E-state index is 11.6. The third-order valence-corrected chi connectivity index (χ3v) is 1.04. The summed E-state index contributed by atoms with van der Waals surface area (Å²) in [5, 5.41) is 3.26. The number of hydrogen-bond donors (Lipinski definition) is 0. The summed E-state index contributed by atoms with van der Waals surface area (Å²) in [4.78, 5) is 15.1. The average molecular weight is 194 g/mol. The first kappa shape index (κ1) is 9.56. The lowest BCUT2D eigenvalue weighted by Crippen LogP contribution is -2.34. The topological polar surface area (TPSA) is 44.1 Å². The Morgan fingerprint density at radius 1 is 1.54 bits per heavy atom. The first-order chi connectivity index (χ1) is 5.99. The molecule has 0 spiro atoms. The molecule has 0 fully saturated rings. The van der Waals surface area contributed by atoms with Gasteiger partial charge in [0, 0.05) is 6.07 Å². The Balaban J connectivity index is 2.66. The van der Waals surface area contributed by atoms with Crippen LogP contribution in [0.5, 0.6) is 0 Å². The highest BCUT2D eigenvalue weighted by molar-refractivity contribution is 4.83. The molecule has 7 heteroatoms. The number of hydrogen-bond acceptors (Lipinski definition) is 3. The van der Waals surface area contributed by atoms with Crippen LogP contribution < -0.4 is 10.4 Å². The van der Waals surface area contributed by atoms with Crippen molar-refractivity contribution in [1.29, 1.82) is 0 Å². The fraction of sp³-hybridized carbons (Fsp3) is 0.333. The molecule has 0 aliphatic carbocycles. The van der Waals surface area contributed by atoms with E-state index in [2.05, 4.69) is 9.94 Å². The molecule has 0 saturated carbocycles. The Hall–Kier alpha value is -1.53. The van der Waals surface area contributed by atoms with Crippen LogP contribution in [0.25, 0.3) is 0 Å². The fourth-order valence-corrected chi connectivity index (χ4v) is 0.576. The standard InChI is InChI=1S/C6H5F3N2O2/c7-6(8,9)4-13-11-5(12)2-1-3-10-11/h1-3H,4H2. The van der Waals surface area contributed by atoms with Crippen LogP contribution >= 0.6 is 0 Å². The van der Waals surface area contributed by atoms with Gasteiger partial charge in [-0.1, -0.05) is 4.85 Å². The molecule has 0 saturated heterocycles. The van der Waals surface area contributed by atoms with E-state index < -0.39 is 18.3 Å². The lowest BCUT2D eigenvalue weighted by molar-refractivity contribution is -0.179. The molecule has 0 radical (unpaired) electrons. The SMILES string of the molecule is O=c1cccnn1OCC(F)(F)F. The summed E-state index contributed by atoms with van der Waals surface area (Å²) in [5.74, 6) is 0. The fourth-order valence-electron chi connectivity index (χ4n) is 0.576. The second kappa shape index (κ2) is 3.46. The summed E-state index contributed by atoms with van der Waals surface area (Å²) in [6, 6.07) is 2.35. The van der Waals surface area contributed by atoms with Crippen molar-refractivity contribution < 1.29 is 18.0 Å². The minimum Gasteiger partial charge on any atom is -0.384 e. The first-order valence-corrected chi connectivity index (χ1v) is 3.23. The number of rotatable bonds is 2. The predicted octanol–water partition coefficient (Wildman–Crippen LogP) is 0.234. The number of aromatic nitrogens is 2.